The molecular weight excluding hydrogens is 248 g/mol. The summed E-state index contributed by atoms with van der Waals surface area (Å²) in [5.74, 6) is 1.38. The van der Waals surface area contributed by atoms with Gasteiger partial charge in [0.15, 0.2) is 11.6 Å². The van der Waals surface area contributed by atoms with Crippen molar-refractivity contribution in [2.24, 2.45) is 0 Å². The lowest BCUT2D eigenvalue weighted by Gasteiger charge is -1.96. The molecule has 3 aromatic rings. The van der Waals surface area contributed by atoms with Gasteiger partial charge in [0.05, 0.1) is 0 Å². The first-order chi connectivity index (χ1) is 9.83. The van der Waals surface area contributed by atoms with Gasteiger partial charge in [0.25, 0.3) is 0 Å². The van der Waals surface area contributed by atoms with Crippen LogP contribution in [0.4, 0.5) is 0 Å². The van der Waals surface area contributed by atoms with E-state index in [4.69, 9.17) is 0 Å². The summed E-state index contributed by atoms with van der Waals surface area (Å²) in [6, 6.07) is 13.8. The SMILES string of the molecule is CC.Cc1cccc(-c2n[nH]c(-c3ccccn3)n2)c1. The number of nitrogens with zero attached hydrogens (tertiary/aromatic N) is 3. The van der Waals surface area contributed by atoms with Gasteiger partial charge < -0.3 is 0 Å². The molecule has 0 unspecified atom stereocenters. The number of aryl methyl sites for hydroxylation is 1. The number of aromatic amines is 1. The van der Waals surface area contributed by atoms with Crippen molar-refractivity contribution >= 4 is 0 Å². The van der Waals surface area contributed by atoms with Crippen LogP contribution >= 0.6 is 0 Å². The summed E-state index contributed by atoms with van der Waals surface area (Å²) in [6.07, 6.45) is 1.74. The molecule has 1 N–H and O–H groups in total. The summed E-state index contributed by atoms with van der Waals surface area (Å²) >= 11 is 0. The second kappa shape index (κ2) is 6.61. The highest BCUT2D eigenvalue weighted by molar-refractivity contribution is 5.59. The van der Waals surface area contributed by atoms with Gasteiger partial charge in [-0.3, -0.25) is 10.1 Å². The van der Waals surface area contributed by atoms with Gasteiger partial charge in [0.1, 0.15) is 5.69 Å². The predicted molar refractivity (Wildman–Crippen MR) is 81.1 cm³/mol. The van der Waals surface area contributed by atoms with Crippen LogP contribution in [0.25, 0.3) is 22.9 Å². The normalized spacial score (nSPS) is 9.75. The summed E-state index contributed by atoms with van der Waals surface area (Å²) in [6.45, 7) is 6.05. The van der Waals surface area contributed by atoms with Crippen LogP contribution in [-0.4, -0.2) is 20.2 Å². The third-order valence-corrected chi connectivity index (χ3v) is 2.67. The van der Waals surface area contributed by atoms with Crippen molar-refractivity contribution in [1.82, 2.24) is 20.2 Å². The molecule has 0 amide bonds. The Kier molecular flexibility index (Phi) is 4.60. The Bertz CT molecular complexity index is 659. The largest absolute Gasteiger partial charge is 0.257 e. The van der Waals surface area contributed by atoms with Crippen LogP contribution < -0.4 is 0 Å². The molecule has 2 aromatic heterocycles. The highest BCUT2D eigenvalue weighted by Crippen LogP contribution is 2.19. The van der Waals surface area contributed by atoms with E-state index in [-0.39, 0.29) is 0 Å². The molecule has 20 heavy (non-hydrogen) atoms. The number of pyridine rings is 1. The summed E-state index contributed by atoms with van der Waals surface area (Å²) in [4.78, 5) is 8.70. The number of rotatable bonds is 2. The quantitative estimate of drug-likeness (QED) is 0.766. The molecule has 0 atom stereocenters. The molecule has 0 aliphatic carbocycles. The van der Waals surface area contributed by atoms with E-state index < -0.39 is 0 Å². The molecule has 0 bridgehead atoms. The second-order valence-corrected chi connectivity index (χ2v) is 4.09. The van der Waals surface area contributed by atoms with Crippen LogP contribution in [0.5, 0.6) is 0 Å². The lowest BCUT2D eigenvalue weighted by Crippen LogP contribution is -1.84. The standard InChI is InChI=1S/C14H12N4.C2H6/c1-10-5-4-6-11(9-10)13-16-14(18-17-13)12-7-2-3-8-15-12;1-2/h2-9H,1H3,(H,16,17,18);1-2H3. The molecule has 4 nitrogen and oxygen atoms in total. The van der Waals surface area contributed by atoms with Gasteiger partial charge in [-0.15, -0.1) is 0 Å². The first-order valence-electron chi connectivity index (χ1n) is 6.74. The molecule has 0 saturated carbocycles. The first-order valence-corrected chi connectivity index (χ1v) is 6.74. The molecule has 4 heteroatoms. The molecule has 0 spiro atoms. The number of benzene rings is 1. The van der Waals surface area contributed by atoms with Crippen molar-refractivity contribution < 1.29 is 0 Å². The fraction of sp³-hybridized carbons (Fsp3) is 0.188. The number of nitrogens with one attached hydrogen (secondary N) is 1. The van der Waals surface area contributed by atoms with Gasteiger partial charge in [0.2, 0.25) is 0 Å². The molecule has 0 aliphatic heterocycles. The van der Waals surface area contributed by atoms with Crippen molar-refractivity contribution in [3.63, 3.8) is 0 Å². The average Bonchev–Trinajstić information content (AvgIpc) is 3.00. The van der Waals surface area contributed by atoms with Crippen molar-refractivity contribution in [1.29, 1.82) is 0 Å². The number of hydrogen-bond acceptors (Lipinski definition) is 3. The topological polar surface area (TPSA) is 54.5 Å². The minimum Gasteiger partial charge on any atom is -0.257 e. The number of hydrogen-bond donors (Lipinski definition) is 1. The van der Waals surface area contributed by atoms with Crippen LogP contribution in [0.1, 0.15) is 19.4 Å². The van der Waals surface area contributed by atoms with E-state index in [2.05, 4.69) is 39.2 Å². The summed E-state index contributed by atoms with van der Waals surface area (Å²) in [5, 5.41) is 7.14. The molecule has 102 valence electrons. The molecule has 0 fully saturated rings. The predicted octanol–water partition coefficient (Wildman–Crippen LogP) is 3.87. The van der Waals surface area contributed by atoms with Crippen molar-refractivity contribution in [3.8, 4) is 22.9 Å². The van der Waals surface area contributed by atoms with Gasteiger partial charge in [-0.25, -0.2) is 4.98 Å². The molecule has 0 aliphatic rings. The summed E-state index contributed by atoms with van der Waals surface area (Å²) in [5.41, 5.74) is 2.99. The minimum atomic E-state index is 0.687. The van der Waals surface area contributed by atoms with Crippen LogP contribution in [-0.2, 0) is 0 Å². The van der Waals surface area contributed by atoms with Crippen molar-refractivity contribution in [3.05, 3.63) is 54.2 Å². The van der Waals surface area contributed by atoms with Gasteiger partial charge in [-0.2, -0.15) is 5.10 Å². The van der Waals surface area contributed by atoms with E-state index in [9.17, 15) is 0 Å². The minimum absolute atomic E-state index is 0.687. The molecule has 0 radical (unpaired) electrons. The Balaban J connectivity index is 0.000000704. The summed E-state index contributed by atoms with van der Waals surface area (Å²) in [7, 11) is 0. The molecule has 0 saturated heterocycles. The van der Waals surface area contributed by atoms with Crippen LogP contribution in [0, 0.1) is 6.92 Å². The average molecular weight is 266 g/mol. The third-order valence-electron chi connectivity index (χ3n) is 2.67. The smallest absolute Gasteiger partial charge is 0.181 e. The van der Waals surface area contributed by atoms with Crippen molar-refractivity contribution in [2.45, 2.75) is 20.8 Å². The molecule has 2 heterocycles. The maximum atomic E-state index is 4.46. The van der Waals surface area contributed by atoms with Crippen LogP contribution in [0.2, 0.25) is 0 Å². The number of H-pyrrole nitrogens is 1. The number of aromatic nitrogens is 4. The van der Waals surface area contributed by atoms with Crippen LogP contribution in [0.15, 0.2) is 48.7 Å². The van der Waals surface area contributed by atoms with E-state index in [1.807, 2.05) is 44.2 Å². The Morgan fingerprint density at radius 2 is 1.85 bits per heavy atom. The monoisotopic (exact) mass is 266 g/mol. The Morgan fingerprint density at radius 1 is 1.00 bits per heavy atom. The molecule has 3 rings (SSSR count). The Hall–Kier alpha value is -2.49. The molecule has 1 aromatic carbocycles. The zero-order chi connectivity index (χ0) is 14.4. The van der Waals surface area contributed by atoms with Gasteiger partial charge in [0, 0.05) is 11.8 Å². The van der Waals surface area contributed by atoms with E-state index in [1.54, 1.807) is 6.20 Å². The fourth-order valence-electron chi connectivity index (χ4n) is 1.79. The molecular formula is C16H18N4. The third kappa shape index (κ3) is 3.09. The highest BCUT2D eigenvalue weighted by atomic mass is 15.2. The van der Waals surface area contributed by atoms with Crippen molar-refractivity contribution in [2.75, 3.05) is 0 Å². The lowest BCUT2D eigenvalue weighted by atomic mass is 10.1. The van der Waals surface area contributed by atoms with Crippen LogP contribution in [0.3, 0.4) is 0 Å². The highest BCUT2D eigenvalue weighted by Gasteiger charge is 2.07. The van der Waals surface area contributed by atoms with Gasteiger partial charge in [-0.1, -0.05) is 43.7 Å². The van der Waals surface area contributed by atoms with Gasteiger partial charge >= 0.3 is 0 Å². The van der Waals surface area contributed by atoms with E-state index in [0.29, 0.717) is 11.6 Å². The van der Waals surface area contributed by atoms with Gasteiger partial charge in [-0.05, 0) is 25.1 Å². The summed E-state index contributed by atoms with van der Waals surface area (Å²) < 4.78 is 0. The zero-order valence-corrected chi connectivity index (χ0v) is 12.0. The second-order valence-electron chi connectivity index (χ2n) is 4.09. The van der Waals surface area contributed by atoms with E-state index >= 15 is 0 Å². The lowest BCUT2D eigenvalue weighted by molar-refractivity contribution is 1.09. The van der Waals surface area contributed by atoms with E-state index in [1.165, 1.54) is 5.56 Å². The maximum Gasteiger partial charge on any atom is 0.181 e. The Labute approximate surface area is 118 Å². The maximum absolute atomic E-state index is 4.46. The van der Waals surface area contributed by atoms with E-state index in [0.717, 1.165) is 11.3 Å². The fourth-order valence-corrected chi connectivity index (χ4v) is 1.79. The zero-order valence-electron chi connectivity index (χ0n) is 12.0. The Morgan fingerprint density at radius 3 is 2.55 bits per heavy atom. The first kappa shape index (κ1) is 13.9.